The number of hydrazone groups is 1. The summed E-state index contributed by atoms with van der Waals surface area (Å²) in [5.74, 6) is 0.962. The Morgan fingerprint density at radius 2 is 1.79 bits per heavy atom. The van der Waals surface area contributed by atoms with Crippen molar-refractivity contribution in [1.82, 2.24) is 10.4 Å². The molecule has 0 aliphatic rings. The fraction of sp³-hybridized carbons (Fsp3) is 0.0938. The Labute approximate surface area is 280 Å². The van der Waals surface area contributed by atoms with Crippen LogP contribution >= 0.6 is 61.5 Å². The van der Waals surface area contributed by atoms with Gasteiger partial charge in [-0.1, -0.05) is 51.8 Å². The van der Waals surface area contributed by atoms with Crippen LogP contribution in [0.2, 0.25) is 5.02 Å². The van der Waals surface area contributed by atoms with Crippen molar-refractivity contribution >= 4 is 84.4 Å². The quantitative estimate of drug-likeness (QED) is 0.0793. The first-order valence-corrected chi connectivity index (χ1v) is 16.3. The lowest BCUT2D eigenvalue weighted by Crippen LogP contribution is -2.17. The van der Waals surface area contributed by atoms with E-state index >= 15 is 0 Å². The first-order chi connectivity index (χ1) is 20.9. The van der Waals surface area contributed by atoms with E-state index in [0.29, 0.717) is 35.3 Å². The number of hydrogen-bond donors (Lipinski definition) is 2. The molecule has 0 radical (unpaired) electrons. The molecule has 0 saturated heterocycles. The zero-order valence-corrected chi connectivity index (χ0v) is 28.1. The van der Waals surface area contributed by atoms with Gasteiger partial charge in [-0.25, -0.2) is 10.4 Å². The third-order valence-corrected chi connectivity index (χ3v) is 8.39. The van der Waals surface area contributed by atoms with E-state index in [1.165, 1.54) is 11.3 Å². The van der Waals surface area contributed by atoms with E-state index < -0.39 is 0 Å². The van der Waals surface area contributed by atoms with Gasteiger partial charge in [0.25, 0.3) is 5.91 Å². The van der Waals surface area contributed by atoms with Crippen molar-refractivity contribution in [1.29, 1.82) is 0 Å². The number of nitrogens with one attached hydrogen (secondary N) is 2. The molecule has 0 unspecified atom stereocenters. The maximum absolute atomic E-state index is 12.7. The molecule has 11 heteroatoms. The van der Waals surface area contributed by atoms with E-state index in [1.54, 1.807) is 18.3 Å². The van der Waals surface area contributed by atoms with E-state index in [1.807, 2.05) is 85.1 Å². The van der Waals surface area contributed by atoms with Gasteiger partial charge in [-0.05, 0) is 101 Å². The number of anilines is 2. The number of rotatable bonds is 11. The molecule has 0 spiro atoms. The average Bonchev–Trinajstić information content (AvgIpc) is 3.47. The van der Waals surface area contributed by atoms with Crippen LogP contribution < -0.4 is 20.2 Å². The van der Waals surface area contributed by atoms with Crippen molar-refractivity contribution in [3.63, 3.8) is 0 Å². The zero-order chi connectivity index (χ0) is 30.2. The first-order valence-electron chi connectivity index (χ1n) is 13.1. The van der Waals surface area contributed by atoms with Crippen LogP contribution in [0.1, 0.15) is 28.4 Å². The minimum Gasteiger partial charge on any atom is -0.490 e. The fourth-order valence-corrected chi connectivity index (χ4v) is 5.86. The second-order valence-electron chi connectivity index (χ2n) is 9.12. The van der Waals surface area contributed by atoms with Gasteiger partial charge < -0.3 is 14.8 Å². The van der Waals surface area contributed by atoms with Crippen LogP contribution in [0.15, 0.2) is 99.9 Å². The molecule has 7 nitrogen and oxygen atoms in total. The lowest BCUT2D eigenvalue weighted by molar-refractivity contribution is 0.0955. The Morgan fingerprint density at radius 3 is 2.51 bits per heavy atom. The van der Waals surface area contributed by atoms with E-state index in [9.17, 15) is 4.79 Å². The highest BCUT2D eigenvalue weighted by atomic mass is 127. The summed E-state index contributed by atoms with van der Waals surface area (Å²) in [5, 5.41) is 10.8. The number of thiazole rings is 1. The van der Waals surface area contributed by atoms with Gasteiger partial charge in [0, 0.05) is 31.7 Å². The maximum Gasteiger partial charge on any atom is 0.271 e. The second-order valence-corrected chi connectivity index (χ2v) is 12.5. The first kappa shape index (κ1) is 31.0. The molecular formula is C32H25BrClIN4O3S. The van der Waals surface area contributed by atoms with Crippen LogP contribution in [0, 0.1) is 3.57 Å². The van der Waals surface area contributed by atoms with Crippen LogP contribution in [0.3, 0.4) is 0 Å². The van der Waals surface area contributed by atoms with Crippen molar-refractivity contribution in [3.8, 4) is 22.8 Å². The topological polar surface area (TPSA) is 84.8 Å². The molecule has 0 fully saturated rings. The second kappa shape index (κ2) is 14.8. The molecule has 0 atom stereocenters. The number of hydrogen-bond acceptors (Lipinski definition) is 7. The third kappa shape index (κ3) is 8.56. The van der Waals surface area contributed by atoms with Gasteiger partial charge in [-0.15, -0.1) is 11.3 Å². The van der Waals surface area contributed by atoms with Crippen LogP contribution in [-0.4, -0.2) is 23.7 Å². The van der Waals surface area contributed by atoms with Crippen molar-refractivity contribution in [3.05, 3.63) is 120 Å². The Bertz CT molecular complexity index is 1730. The van der Waals surface area contributed by atoms with Crippen molar-refractivity contribution in [2.24, 2.45) is 5.10 Å². The predicted octanol–water partition coefficient (Wildman–Crippen LogP) is 9.32. The average molecular weight is 788 g/mol. The smallest absolute Gasteiger partial charge is 0.271 e. The molecule has 2 N–H and O–H groups in total. The van der Waals surface area contributed by atoms with Gasteiger partial charge in [-0.3, -0.25) is 4.79 Å². The van der Waals surface area contributed by atoms with Crippen LogP contribution in [0.4, 0.5) is 10.8 Å². The number of benzene rings is 4. The van der Waals surface area contributed by atoms with E-state index in [2.05, 4.69) is 59.3 Å². The highest BCUT2D eigenvalue weighted by Crippen LogP contribution is 2.35. The Balaban J connectivity index is 1.19. The highest BCUT2D eigenvalue weighted by molar-refractivity contribution is 14.1. The SMILES string of the molecule is CCOc1cc(/C=N\NC(=O)c2ccc(-c3csc(Nc4ccc(Cl)cc4)n3)cc2)cc(I)c1OCc1ccc(Br)cc1. The van der Waals surface area contributed by atoms with Crippen molar-refractivity contribution in [2.45, 2.75) is 13.5 Å². The van der Waals surface area contributed by atoms with Gasteiger partial charge in [0.2, 0.25) is 0 Å². The standard InChI is InChI=1S/C32H25BrClIN4O3S/c1-2-41-29-16-21(15-27(35)30(29)42-18-20-3-9-24(33)10-4-20)17-36-39-31(40)23-7-5-22(6-8-23)28-19-43-32(38-28)37-26-13-11-25(34)12-14-26/h3-17,19H,2,18H2,1H3,(H,37,38)(H,39,40)/b36-17-. The predicted molar refractivity (Wildman–Crippen MR) is 186 cm³/mol. The normalized spacial score (nSPS) is 11.0. The van der Waals surface area contributed by atoms with Crippen molar-refractivity contribution in [2.75, 3.05) is 11.9 Å². The Morgan fingerprint density at radius 1 is 1.05 bits per heavy atom. The molecule has 4 aromatic carbocycles. The van der Waals surface area contributed by atoms with Crippen molar-refractivity contribution < 1.29 is 14.3 Å². The van der Waals surface area contributed by atoms with E-state index in [4.69, 9.17) is 21.1 Å². The summed E-state index contributed by atoms with van der Waals surface area (Å²) >= 11 is 13.1. The highest BCUT2D eigenvalue weighted by Gasteiger charge is 2.13. The number of ether oxygens (including phenoxy) is 2. The molecule has 0 saturated carbocycles. The van der Waals surface area contributed by atoms with Crippen LogP contribution in [0.25, 0.3) is 11.3 Å². The molecule has 1 aromatic heterocycles. The molecule has 218 valence electrons. The Hall–Kier alpha value is -3.45. The monoisotopic (exact) mass is 786 g/mol. The molecule has 0 aliphatic heterocycles. The maximum atomic E-state index is 12.7. The number of nitrogens with zero attached hydrogens (tertiary/aromatic N) is 2. The summed E-state index contributed by atoms with van der Waals surface area (Å²) in [5.41, 5.74) is 7.52. The lowest BCUT2D eigenvalue weighted by Gasteiger charge is -2.15. The van der Waals surface area contributed by atoms with Crippen LogP contribution in [-0.2, 0) is 6.61 Å². The summed E-state index contributed by atoms with van der Waals surface area (Å²) in [4.78, 5) is 17.4. The van der Waals surface area contributed by atoms with Gasteiger partial charge in [0.05, 0.1) is 22.1 Å². The number of amides is 1. The minimum absolute atomic E-state index is 0.319. The minimum atomic E-state index is -0.319. The van der Waals surface area contributed by atoms with Crippen LogP contribution in [0.5, 0.6) is 11.5 Å². The molecule has 5 rings (SSSR count). The number of aromatic nitrogens is 1. The molecule has 1 amide bonds. The molecule has 43 heavy (non-hydrogen) atoms. The largest absolute Gasteiger partial charge is 0.490 e. The molecule has 0 aliphatic carbocycles. The Kier molecular flexibility index (Phi) is 10.7. The summed E-state index contributed by atoms with van der Waals surface area (Å²) < 4.78 is 13.8. The van der Waals surface area contributed by atoms with Gasteiger partial charge in [0.1, 0.15) is 6.61 Å². The van der Waals surface area contributed by atoms with E-state index in [0.717, 1.165) is 41.2 Å². The van der Waals surface area contributed by atoms with Gasteiger partial charge >= 0.3 is 0 Å². The molecule has 0 bridgehead atoms. The summed E-state index contributed by atoms with van der Waals surface area (Å²) in [6, 6.07) is 26.4. The molecular weight excluding hydrogens is 763 g/mol. The number of carbonyl (C=O) groups is 1. The summed E-state index contributed by atoms with van der Waals surface area (Å²) in [6.07, 6.45) is 1.58. The number of carbonyl (C=O) groups excluding carboxylic acids is 1. The third-order valence-electron chi connectivity index (χ3n) is 6.05. The van der Waals surface area contributed by atoms with Gasteiger partial charge in [-0.2, -0.15) is 5.10 Å². The number of halogens is 3. The summed E-state index contributed by atoms with van der Waals surface area (Å²) in [7, 11) is 0. The summed E-state index contributed by atoms with van der Waals surface area (Å²) in [6.45, 7) is 2.82. The van der Waals surface area contributed by atoms with E-state index in [-0.39, 0.29) is 5.91 Å². The fourth-order valence-electron chi connectivity index (χ4n) is 3.94. The zero-order valence-electron chi connectivity index (χ0n) is 22.8. The lowest BCUT2D eigenvalue weighted by atomic mass is 10.1. The molecule has 5 aromatic rings. The van der Waals surface area contributed by atoms with Gasteiger partial charge in [0.15, 0.2) is 16.6 Å². The molecule has 1 heterocycles.